The molecule has 0 aliphatic heterocycles. The molecule has 1 N–H and O–H groups in total. The maximum absolute atomic E-state index is 11.4. The van der Waals surface area contributed by atoms with Gasteiger partial charge in [-0.1, -0.05) is 20.8 Å². The summed E-state index contributed by atoms with van der Waals surface area (Å²) in [4.78, 5) is 11.4. The van der Waals surface area contributed by atoms with Gasteiger partial charge in [0.25, 0.3) is 0 Å². The Morgan fingerprint density at radius 3 is 2.33 bits per heavy atom. The van der Waals surface area contributed by atoms with Crippen LogP contribution in [0.2, 0.25) is 0 Å². The maximum atomic E-state index is 11.4. The standard InChI is InChI=1S/C9H19NOS/c1-7(6-12-5)10-8(11)9(2,3)4/h7H,6H2,1-5H3,(H,10,11). The molecule has 0 spiro atoms. The lowest BCUT2D eigenvalue weighted by atomic mass is 9.95. The van der Waals surface area contributed by atoms with Crippen LogP contribution in [0.4, 0.5) is 0 Å². The molecule has 3 heteroatoms. The summed E-state index contributed by atoms with van der Waals surface area (Å²) in [6.07, 6.45) is 2.04. The van der Waals surface area contributed by atoms with Gasteiger partial charge in [-0.3, -0.25) is 4.79 Å². The van der Waals surface area contributed by atoms with Crippen molar-refractivity contribution in [3.05, 3.63) is 0 Å². The fraction of sp³-hybridized carbons (Fsp3) is 0.889. The third kappa shape index (κ3) is 4.65. The molecule has 0 saturated heterocycles. The second-order valence-electron chi connectivity index (χ2n) is 4.08. The van der Waals surface area contributed by atoms with Gasteiger partial charge in [-0.2, -0.15) is 11.8 Å². The van der Waals surface area contributed by atoms with Crippen LogP contribution in [0.25, 0.3) is 0 Å². The van der Waals surface area contributed by atoms with Crippen molar-refractivity contribution in [1.82, 2.24) is 5.32 Å². The Kier molecular flexibility index (Phi) is 4.68. The van der Waals surface area contributed by atoms with Crippen molar-refractivity contribution in [2.24, 2.45) is 5.41 Å². The lowest BCUT2D eigenvalue weighted by Gasteiger charge is -2.21. The van der Waals surface area contributed by atoms with Crippen LogP contribution in [0.1, 0.15) is 27.7 Å². The number of hydrogen-bond acceptors (Lipinski definition) is 2. The minimum atomic E-state index is -0.271. The summed E-state index contributed by atoms with van der Waals surface area (Å²) in [6, 6.07) is 0.270. The highest BCUT2D eigenvalue weighted by molar-refractivity contribution is 7.98. The topological polar surface area (TPSA) is 29.1 Å². The Balaban J connectivity index is 3.85. The molecule has 1 atom stereocenters. The predicted molar refractivity (Wildman–Crippen MR) is 55.4 cm³/mol. The lowest BCUT2D eigenvalue weighted by molar-refractivity contribution is -0.128. The number of carbonyl (C=O) groups is 1. The van der Waals surface area contributed by atoms with Gasteiger partial charge in [0.05, 0.1) is 0 Å². The zero-order valence-corrected chi connectivity index (χ0v) is 9.42. The summed E-state index contributed by atoms with van der Waals surface area (Å²) in [5.74, 6) is 1.10. The number of nitrogens with one attached hydrogen (secondary N) is 1. The SMILES string of the molecule is CSCC(C)NC(=O)C(C)(C)C. The lowest BCUT2D eigenvalue weighted by Crippen LogP contribution is -2.41. The van der Waals surface area contributed by atoms with E-state index in [1.807, 2.05) is 34.0 Å². The molecule has 2 nitrogen and oxygen atoms in total. The number of amides is 1. The van der Waals surface area contributed by atoms with E-state index in [0.29, 0.717) is 0 Å². The van der Waals surface area contributed by atoms with Crippen LogP contribution < -0.4 is 5.32 Å². The molecule has 1 unspecified atom stereocenters. The van der Waals surface area contributed by atoms with Gasteiger partial charge < -0.3 is 5.32 Å². The first kappa shape index (κ1) is 11.8. The predicted octanol–water partition coefficient (Wildman–Crippen LogP) is 1.90. The van der Waals surface area contributed by atoms with Crippen molar-refractivity contribution >= 4 is 17.7 Å². The van der Waals surface area contributed by atoms with E-state index in [2.05, 4.69) is 5.32 Å². The summed E-state index contributed by atoms with van der Waals surface area (Å²) in [5, 5.41) is 2.96. The van der Waals surface area contributed by atoms with Crippen molar-refractivity contribution < 1.29 is 4.79 Å². The molecule has 0 rings (SSSR count). The molecule has 0 aliphatic rings. The zero-order chi connectivity index (χ0) is 9.78. The quantitative estimate of drug-likeness (QED) is 0.734. The van der Waals surface area contributed by atoms with Gasteiger partial charge in [-0.15, -0.1) is 0 Å². The molecule has 0 heterocycles. The summed E-state index contributed by atoms with van der Waals surface area (Å²) in [5.41, 5.74) is -0.271. The molecule has 1 amide bonds. The normalized spacial score (nSPS) is 14.1. The molecule has 0 aromatic heterocycles. The summed E-state index contributed by atoms with van der Waals surface area (Å²) in [6.45, 7) is 7.80. The first-order valence-corrected chi connectivity index (χ1v) is 5.57. The van der Waals surface area contributed by atoms with E-state index in [1.165, 1.54) is 0 Å². The Labute approximate surface area is 79.5 Å². The van der Waals surface area contributed by atoms with Gasteiger partial charge in [-0.25, -0.2) is 0 Å². The summed E-state index contributed by atoms with van der Waals surface area (Å²) >= 11 is 1.75. The highest BCUT2D eigenvalue weighted by Crippen LogP contribution is 2.13. The third-order valence-electron chi connectivity index (χ3n) is 1.48. The fourth-order valence-corrected chi connectivity index (χ4v) is 1.32. The largest absolute Gasteiger partial charge is 0.352 e. The van der Waals surface area contributed by atoms with E-state index in [-0.39, 0.29) is 17.4 Å². The van der Waals surface area contributed by atoms with E-state index in [1.54, 1.807) is 11.8 Å². The minimum Gasteiger partial charge on any atom is -0.352 e. The average Bonchev–Trinajstić information content (AvgIpc) is 1.85. The second-order valence-corrected chi connectivity index (χ2v) is 4.99. The number of carbonyl (C=O) groups excluding carboxylic acids is 1. The van der Waals surface area contributed by atoms with Crippen molar-refractivity contribution in [1.29, 1.82) is 0 Å². The van der Waals surface area contributed by atoms with Gasteiger partial charge in [-0.05, 0) is 13.2 Å². The Morgan fingerprint density at radius 1 is 1.50 bits per heavy atom. The average molecular weight is 189 g/mol. The van der Waals surface area contributed by atoms with Gasteiger partial charge in [0.15, 0.2) is 0 Å². The van der Waals surface area contributed by atoms with Crippen LogP contribution >= 0.6 is 11.8 Å². The van der Waals surface area contributed by atoms with E-state index in [9.17, 15) is 4.79 Å². The monoisotopic (exact) mass is 189 g/mol. The molecule has 0 saturated carbocycles. The van der Waals surface area contributed by atoms with E-state index >= 15 is 0 Å². The minimum absolute atomic E-state index is 0.129. The van der Waals surface area contributed by atoms with Gasteiger partial charge in [0, 0.05) is 17.2 Å². The van der Waals surface area contributed by atoms with E-state index < -0.39 is 0 Å². The highest BCUT2D eigenvalue weighted by Gasteiger charge is 2.21. The summed E-state index contributed by atoms with van der Waals surface area (Å²) in [7, 11) is 0. The number of hydrogen-bond donors (Lipinski definition) is 1. The second kappa shape index (κ2) is 4.75. The van der Waals surface area contributed by atoms with Crippen molar-refractivity contribution in [2.45, 2.75) is 33.7 Å². The van der Waals surface area contributed by atoms with Crippen LogP contribution in [0, 0.1) is 5.41 Å². The van der Waals surface area contributed by atoms with Crippen LogP contribution in [0.15, 0.2) is 0 Å². The Hall–Kier alpha value is -0.180. The zero-order valence-electron chi connectivity index (χ0n) is 8.60. The molecule has 0 aromatic carbocycles. The van der Waals surface area contributed by atoms with Crippen LogP contribution in [-0.2, 0) is 4.79 Å². The highest BCUT2D eigenvalue weighted by atomic mass is 32.2. The van der Waals surface area contributed by atoms with Crippen molar-refractivity contribution in [3.63, 3.8) is 0 Å². The first-order valence-electron chi connectivity index (χ1n) is 4.18. The third-order valence-corrected chi connectivity index (χ3v) is 2.31. The van der Waals surface area contributed by atoms with Gasteiger partial charge >= 0.3 is 0 Å². The maximum Gasteiger partial charge on any atom is 0.225 e. The molecule has 72 valence electrons. The van der Waals surface area contributed by atoms with Gasteiger partial charge in [0.1, 0.15) is 0 Å². The van der Waals surface area contributed by atoms with Crippen molar-refractivity contribution in [3.8, 4) is 0 Å². The fourth-order valence-electron chi connectivity index (χ4n) is 0.732. The number of rotatable bonds is 3. The van der Waals surface area contributed by atoms with E-state index in [0.717, 1.165) is 5.75 Å². The molecule has 0 aromatic rings. The Bertz CT molecular complexity index is 151. The molecule has 0 bridgehead atoms. The molecule has 0 aliphatic carbocycles. The number of thioether (sulfide) groups is 1. The molecule has 12 heavy (non-hydrogen) atoms. The van der Waals surface area contributed by atoms with Gasteiger partial charge in [0.2, 0.25) is 5.91 Å². The molecular formula is C9H19NOS. The van der Waals surface area contributed by atoms with E-state index in [4.69, 9.17) is 0 Å². The Morgan fingerprint density at radius 2 is 2.00 bits per heavy atom. The van der Waals surface area contributed by atoms with Crippen molar-refractivity contribution in [2.75, 3.05) is 12.0 Å². The summed E-state index contributed by atoms with van der Waals surface area (Å²) < 4.78 is 0. The molecule has 0 fully saturated rings. The van der Waals surface area contributed by atoms with Crippen LogP contribution in [0.5, 0.6) is 0 Å². The molecular weight excluding hydrogens is 170 g/mol. The first-order chi connectivity index (χ1) is 5.38. The molecule has 0 radical (unpaired) electrons. The smallest absolute Gasteiger partial charge is 0.225 e. The van der Waals surface area contributed by atoms with Crippen LogP contribution in [0.3, 0.4) is 0 Å². The van der Waals surface area contributed by atoms with Crippen LogP contribution in [-0.4, -0.2) is 24.0 Å².